The first-order valence-corrected chi connectivity index (χ1v) is 5.66. The van der Waals surface area contributed by atoms with Crippen LogP contribution >= 0.6 is 15.9 Å². The van der Waals surface area contributed by atoms with Gasteiger partial charge in [-0.1, -0.05) is 0 Å². The lowest BCUT2D eigenvalue weighted by atomic mass is 10.1. The molecule has 0 atom stereocenters. The largest absolute Gasteiger partial charge is 0.293 e. The van der Waals surface area contributed by atoms with Gasteiger partial charge in [-0.05, 0) is 46.3 Å². The molecule has 2 aromatic rings. The summed E-state index contributed by atoms with van der Waals surface area (Å²) in [5.74, 6) is 0.583. The summed E-state index contributed by atoms with van der Waals surface area (Å²) in [4.78, 5) is 4.25. The highest BCUT2D eigenvalue weighted by Gasteiger charge is 2.27. The van der Waals surface area contributed by atoms with Crippen LogP contribution in [0.1, 0.15) is 29.9 Å². The van der Waals surface area contributed by atoms with E-state index in [9.17, 15) is 5.26 Å². The lowest BCUT2D eigenvalue weighted by Crippen LogP contribution is -1.94. The molecule has 2 aromatic heterocycles. The fraction of sp³-hybridized carbons (Fsp3) is 0.273. The molecule has 74 valence electrons. The summed E-state index contributed by atoms with van der Waals surface area (Å²) < 4.78 is 2.78. The number of nitriles is 1. The highest BCUT2D eigenvalue weighted by Crippen LogP contribution is 2.42. The van der Waals surface area contributed by atoms with Gasteiger partial charge >= 0.3 is 0 Å². The molecule has 0 amide bonds. The molecule has 0 spiro atoms. The predicted octanol–water partition coefficient (Wildman–Crippen LogP) is 2.85. The van der Waals surface area contributed by atoms with Crippen molar-refractivity contribution in [1.29, 1.82) is 5.26 Å². The van der Waals surface area contributed by atoms with Crippen molar-refractivity contribution in [2.75, 3.05) is 0 Å². The molecule has 1 aliphatic rings. The molecular formula is C11H8BrN3. The molecule has 3 nitrogen and oxygen atoms in total. The molecule has 0 aromatic carbocycles. The monoisotopic (exact) mass is 261 g/mol. The van der Waals surface area contributed by atoms with E-state index in [1.54, 1.807) is 6.20 Å². The van der Waals surface area contributed by atoms with Crippen LogP contribution < -0.4 is 0 Å². The third-order valence-corrected chi connectivity index (χ3v) is 3.38. The lowest BCUT2D eigenvalue weighted by Gasteiger charge is -2.03. The smallest absolute Gasteiger partial charge is 0.155 e. The van der Waals surface area contributed by atoms with Crippen LogP contribution in [0.4, 0.5) is 0 Å². The van der Waals surface area contributed by atoms with E-state index >= 15 is 0 Å². The van der Waals surface area contributed by atoms with Crippen molar-refractivity contribution in [3.8, 4) is 6.07 Å². The highest BCUT2D eigenvalue weighted by molar-refractivity contribution is 9.10. The van der Waals surface area contributed by atoms with Gasteiger partial charge in [-0.3, -0.25) is 4.40 Å². The lowest BCUT2D eigenvalue weighted by molar-refractivity contribution is 1.07. The molecule has 15 heavy (non-hydrogen) atoms. The van der Waals surface area contributed by atoms with E-state index in [4.69, 9.17) is 0 Å². The van der Waals surface area contributed by atoms with Crippen LogP contribution in [0.15, 0.2) is 23.1 Å². The second-order valence-corrected chi connectivity index (χ2v) is 4.62. The number of rotatable bonds is 1. The topological polar surface area (TPSA) is 41.1 Å². The first-order chi connectivity index (χ1) is 7.31. The number of fused-ring (bicyclic) bond motifs is 1. The molecular weight excluding hydrogens is 254 g/mol. The highest BCUT2D eigenvalue weighted by atomic mass is 79.9. The Morgan fingerprint density at radius 2 is 2.33 bits per heavy atom. The molecule has 0 bridgehead atoms. The summed E-state index contributed by atoms with van der Waals surface area (Å²) >= 11 is 3.40. The van der Waals surface area contributed by atoms with Gasteiger partial charge in [0.25, 0.3) is 0 Å². The Labute approximate surface area is 95.5 Å². The van der Waals surface area contributed by atoms with E-state index in [-0.39, 0.29) is 0 Å². The fourth-order valence-corrected chi connectivity index (χ4v) is 2.27. The van der Waals surface area contributed by atoms with Gasteiger partial charge in [-0.2, -0.15) is 5.26 Å². The minimum absolute atomic E-state index is 0.583. The Morgan fingerprint density at radius 1 is 1.53 bits per heavy atom. The first-order valence-electron chi connectivity index (χ1n) is 4.87. The van der Waals surface area contributed by atoms with Crippen molar-refractivity contribution in [2.24, 2.45) is 0 Å². The molecule has 2 heterocycles. The molecule has 0 radical (unpaired) electrons. The third kappa shape index (κ3) is 1.27. The SMILES string of the molecule is N#Cc1c(C2CC2)ccn2c(Br)cnc12. The van der Waals surface area contributed by atoms with Gasteiger partial charge < -0.3 is 0 Å². The van der Waals surface area contributed by atoms with Gasteiger partial charge in [-0.25, -0.2) is 4.98 Å². The number of pyridine rings is 1. The fourth-order valence-electron chi connectivity index (χ4n) is 1.88. The van der Waals surface area contributed by atoms with Crippen molar-refractivity contribution >= 4 is 21.6 Å². The van der Waals surface area contributed by atoms with E-state index < -0.39 is 0 Å². The van der Waals surface area contributed by atoms with Crippen molar-refractivity contribution in [3.63, 3.8) is 0 Å². The number of aromatic nitrogens is 2. The third-order valence-electron chi connectivity index (χ3n) is 2.80. The normalized spacial score (nSPS) is 15.5. The van der Waals surface area contributed by atoms with Crippen LogP contribution in [-0.2, 0) is 0 Å². The van der Waals surface area contributed by atoms with E-state index in [1.807, 2.05) is 16.7 Å². The summed E-state index contributed by atoms with van der Waals surface area (Å²) in [5.41, 5.74) is 2.64. The molecule has 1 fully saturated rings. The summed E-state index contributed by atoms with van der Waals surface area (Å²) in [6.45, 7) is 0. The molecule has 1 saturated carbocycles. The van der Waals surface area contributed by atoms with E-state index in [0.29, 0.717) is 5.92 Å². The van der Waals surface area contributed by atoms with Crippen LogP contribution in [0, 0.1) is 11.3 Å². The summed E-state index contributed by atoms with van der Waals surface area (Å²) in [7, 11) is 0. The van der Waals surface area contributed by atoms with Crippen LogP contribution in [0.25, 0.3) is 5.65 Å². The first kappa shape index (κ1) is 8.93. The quantitative estimate of drug-likeness (QED) is 0.792. The molecule has 0 N–H and O–H groups in total. The summed E-state index contributed by atoms with van der Waals surface area (Å²) in [5, 5.41) is 9.18. The maximum atomic E-state index is 9.18. The second kappa shape index (κ2) is 3.07. The Bertz CT molecular complexity index is 575. The molecule has 4 heteroatoms. The molecule has 0 unspecified atom stereocenters. The zero-order chi connectivity index (χ0) is 10.4. The molecule has 1 aliphatic carbocycles. The van der Waals surface area contributed by atoms with Gasteiger partial charge in [-0.15, -0.1) is 0 Å². The van der Waals surface area contributed by atoms with Gasteiger partial charge in [0.05, 0.1) is 11.8 Å². The van der Waals surface area contributed by atoms with Crippen LogP contribution in [0.5, 0.6) is 0 Å². The maximum absolute atomic E-state index is 9.18. The van der Waals surface area contributed by atoms with Crippen LogP contribution in [0.3, 0.4) is 0 Å². The summed E-state index contributed by atoms with van der Waals surface area (Å²) in [6.07, 6.45) is 6.10. The van der Waals surface area contributed by atoms with Crippen molar-refractivity contribution in [1.82, 2.24) is 9.38 Å². The van der Waals surface area contributed by atoms with Crippen LogP contribution in [0.2, 0.25) is 0 Å². The van der Waals surface area contributed by atoms with E-state index in [1.165, 1.54) is 12.8 Å². The maximum Gasteiger partial charge on any atom is 0.155 e. The number of hydrogen-bond acceptors (Lipinski definition) is 2. The number of halogens is 1. The van der Waals surface area contributed by atoms with Crippen molar-refractivity contribution < 1.29 is 0 Å². The molecule has 0 aliphatic heterocycles. The number of hydrogen-bond donors (Lipinski definition) is 0. The van der Waals surface area contributed by atoms with Crippen molar-refractivity contribution in [2.45, 2.75) is 18.8 Å². The van der Waals surface area contributed by atoms with Gasteiger partial charge in [0, 0.05) is 6.20 Å². The predicted molar refractivity (Wildman–Crippen MR) is 59.6 cm³/mol. The van der Waals surface area contributed by atoms with Gasteiger partial charge in [0.15, 0.2) is 5.65 Å². The standard InChI is InChI=1S/C11H8BrN3/c12-10-6-14-11-9(5-13)8(7-1-2-7)3-4-15(10)11/h3-4,6-7H,1-2H2. The second-order valence-electron chi connectivity index (χ2n) is 3.81. The van der Waals surface area contributed by atoms with E-state index in [2.05, 4.69) is 27.0 Å². The number of nitrogens with zero attached hydrogens (tertiary/aromatic N) is 3. The zero-order valence-electron chi connectivity index (χ0n) is 7.94. The minimum atomic E-state index is 0.583. The minimum Gasteiger partial charge on any atom is -0.293 e. The average Bonchev–Trinajstić information content (AvgIpc) is 3.03. The Hall–Kier alpha value is -1.34. The van der Waals surface area contributed by atoms with Crippen molar-refractivity contribution in [3.05, 3.63) is 34.2 Å². The Kier molecular flexibility index (Phi) is 1.83. The summed E-state index contributed by atoms with van der Waals surface area (Å²) in [6, 6.07) is 4.31. The van der Waals surface area contributed by atoms with Gasteiger partial charge in [0.2, 0.25) is 0 Å². The molecule has 0 saturated heterocycles. The van der Waals surface area contributed by atoms with Crippen LogP contribution in [-0.4, -0.2) is 9.38 Å². The zero-order valence-corrected chi connectivity index (χ0v) is 9.53. The number of imidazole rings is 1. The Balaban J connectivity index is 2.35. The average molecular weight is 262 g/mol. The van der Waals surface area contributed by atoms with E-state index in [0.717, 1.165) is 21.4 Å². The molecule has 3 rings (SSSR count). The Morgan fingerprint density at radius 3 is 3.00 bits per heavy atom. The van der Waals surface area contributed by atoms with Gasteiger partial charge in [0.1, 0.15) is 10.7 Å².